The average molecular weight is 427 g/mol. The zero-order valence-electron chi connectivity index (χ0n) is 16.1. The van der Waals surface area contributed by atoms with Crippen molar-refractivity contribution in [1.82, 2.24) is 0 Å². The third-order valence-corrected chi connectivity index (χ3v) is 4.91. The van der Waals surface area contributed by atoms with E-state index in [2.05, 4.69) is 91.9 Å². The number of rotatable bonds is 1. The van der Waals surface area contributed by atoms with Crippen LogP contribution in [0.1, 0.15) is 5.56 Å². The van der Waals surface area contributed by atoms with E-state index in [9.17, 15) is 0 Å². The normalized spacial score (nSPS) is 10.3. The molecule has 1 radical (unpaired) electrons. The minimum absolute atomic E-state index is 0. The zero-order valence-corrected chi connectivity index (χ0v) is 18.5. The van der Waals surface area contributed by atoms with E-state index in [1.807, 2.05) is 0 Å². The van der Waals surface area contributed by atoms with Crippen LogP contribution in [0.25, 0.3) is 43.4 Å². The molecule has 0 bridgehead atoms. The molecule has 0 aliphatic rings. The fourth-order valence-corrected chi connectivity index (χ4v) is 3.83. The van der Waals surface area contributed by atoms with Crippen LogP contribution >= 0.6 is 0 Å². The van der Waals surface area contributed by atoms with Gasteiger partial charge in [-0.2, -0.15) is 0 Å². The molecule has 5 rings (SSSR count). The number of benzene rings is 4. The zero-order chi connectivity index (χ0) is 16.1. The summed E-state index contributed by atoms with van der Waals surface area (Å²) in [6.07, 6.45) is 0. The van der Waals surface area contributed by atoms with Crippen molar-refractivity contribution in [2.45, 2.75) is 6.92 Å². The number of fused-ring (bicyclic) bond motifs is 4. The Kier molecular flexibility index (Phi) is 6.50. The van der Waals surface area contributed by atoms with Crippen molar-refractivity contribution in [1.29, 1.82) is 0 Å². The van der Waals surface area contributed by atoms with E-state index in [1.54, 1.807) is 0 Å². The Morgan fingerprint density at radius 3 is 2.11 bits per heavy atom. The van der Waals surface area contributed by atoms with Crippen molar-refractivity contribution in [2.75, 3.05) is 0 Å². The first-order chi connectivity index (χ1) is 11.8. The Morgan fingerprint density at radius 1 is 0.667 bits per heavy atom. The van der Waals surface area contributed by atoms with Gasteiger partial charge in [0.15, 0.2) is 0 Å². The summed E-state index contributed by atoms with van der Waals surface area (Å²) in [7, 11) is 0. The molecule has 0 aromatic heterocycles. The first-order valence-corrected chi connectivity index (χ1v) is 8.37. The van der Waals surface area contributed by atoms with E-state index in [4.69, 9.17) is 0 Å². The first kappa shape index (κ1) is 21.2. The molecular formula is C26H23Zr. The second-order valence-corrected chi connectivity index (χ2v) is 6.57. The predicted molar refractivity (Wildman–Crippen MR) is 118 cm³/mol. The largest absolute Gasteiger partial charge is 3.00 e. The molecule has 0 aliphatic heterocycles. The van der Waals surface area contributed by atoms with Gasteiger partial charge in [0.05, 0.1) is 0 Å². The fraction of sp³-hybridized carbons (Fsp3) is 0.0385. The molecule has 0 unspecified atom stereocenters. The number of aryl methyl sites for hydroxylation is 1. The molecule has 0 amide bonds. The first-order valence-electron chi connectivity index (χ1n) is 8.37. The summed E-state index contributed by atoms with van der Waals surface area (Å²) < 4.78 is 0. The number of hydrogen-bond acceptors (Lipinski definition) is 0. The standard InChI is InChI=1S/C24H17.2CH3.Zr/c1-16-12-20-11-10-17-6-4-5-9-22(17)24(20)23(13-16)21-14-18-7-2-3-8-19(18)15-21;;;/h2-15H,1H3;2*1H3;/q3*-1;+3. The minimum Gasteiger partial charge on any atom is -0.358 e. The Morgan fingerprint density at radius 2 is 1.33 bits per heavy atom. The molecule has 0 N–H and O–H groups in total. The van der Waals surface area contributed by atoms with Crippen LogP contribution in [0.3, 0.4) is 0 Å². The van der Waals surface area contributed by atoms with Crippen LogP contribution in [0, 0.1) is 21.8 Å². The Labute approximate surface area is 181 Å². The van der Waals surface area contributed by atoms with Gasteiger partial charge in [-0.25, -0.2) is 0 Å². The smallest absolute Gasteiger partial charge is 0.358 e. The van der Waals surface area contributed by atoms with Crippen LogP contribution in [0.4, 0.5) is 0 Å². The maximum atomic E-state index is 2.32. The van der Waals surface area contributed by atoms with Crippen LogP contribution in [-0.2, 0) is 26.2 Å². The van der Waals surface area contributed by atoms with Crippen molar-refractivity contribution in [3.63, 3.8) is 0 Å². The average Bonchev–Trinajstić information content (AvgIpc) is 3.04. The summed E-state index contributed by atoms with van der Waals surface area (Å²) in [4.78, 5) is 0. The maximum absolute atomic E-state index is 2.32. The Bertz CT molecular complexity index is 1180. The van der Waals surface area contributed by atoms with E-state index in [-0.39, 0.29) is 41.1 Å². The van der Waals surface area contributed by atoms with Crippen LogP contribution < -0.4 is 0 Å². The Balaban J connectivity index is 0.000000871. The SMILES string of the molecule is Cc1cc(-c2cc3ccccc3[cH-]2)c2c(ccc3ccccc32)c1.[CH3-].[CH3-].[Zr+3]. The van der Waals surface area contributed by atoms with E-state index >= 15 is 0 Å². The molecule has 1 heteroatoms. The van der Waals surface area contributed by atoms with Crippen molar-refractivity contribution in [3.8, 4) is 11.1 Å². The molecule has 0 fully saturated rings. The second-order valence-electron chi connectivity index (χ2n) is 6.57. The van der Waals surface area contributed by atoms with Gasteiger partial charge in [0.25, 0.3) is 0 Å². The quantitative estimate of drug-likeness (QED) is 0.190. The Hall–Kier alpha value is -2.11. The third-order valence-electron chi connectivity index (χ3n) is 4.91. The molecule has 0 heterocycles. The molecule has 0 atom stereocenters. The predicted octanol–water partition coefficient (Wildman–Crippen LogP) is 7.74. The van der Waals surface area contributed by atoms with Gasteiger partial charge in [0.2, 0.25) is 0 Å². The van der Waals surface area contributed by atoms with Gasteiger partial charge in [-0.1, -0.05) is 77.9 Å². The van der Waals surface area contributed by atoms with Crippen molar-refractivity contribution < 1.29 is 26.2 Å². The van der Waals surface area contributed by atoms with Gasteiger partial charge in [-0.05, 0) is 28.5 Å². The van der Waals surface area contributed by atoms with Crippen LogP contribution in [0.5, 0.6) is 0 Å². The molecule has 131 valence electrons. The van der Waals surface area contributed by atoms with Crippen LogP contribution in [0.2, 0.25) is 0 Å². The third kappa shape index (κ3) is 3.54. The molecule has 0 saturated carbocycles. The van der Waals surface area contributed by atoms with Crippen LogP contribution in [-0.4, -0.2) is 0 Å². The molecule has 5 aromatic carbocycles. The molecule has 0 aliphatic carbocycles. The van der Waals surface area contributed by atoms with Gasteiger partial charge in [0.1, 0.15) is 0 Å². The van der Waals surface area contributed by atoms with Gasteiger partial charge < -0.3 is 14.9 Å². The molecule has 0 saturated heterocycles. The summed E-state index contributed by atoms with van der Waals surface area (Å²) in [5.41, 5.74) is 3.94. The molecule has 5 aromatic rings. The summed E-state index contributed by atoms with van der Waals surface area (Å²) in [5, 5.41) is 7.91. The van der Waals surface area contributed by atoms with Gasteiger partial charge in [-0.3, -0.25) is 0 Å². The number of hydrogen-bond donors (Lipinski definition) is 0. The van der Waals surface area contributed by atoms with E-state index in [0.29, 0.717) is 0 Å². The van der Waals surface area contributed by atoms with E-state index in [1.165, 1.54) is 49.0 Å². The summed E-state index contributed by atoms with van der Waals surface area (Å²) in [6, 6.07) is 31.0. The summed E-state index contributed by atoms with van der Waals surface area (Å²) >= 11 is 0. The minimum atomic E-state index is 0. The summed E-state index contributed by atoms with van der Waals surface area (Å²) in [5.74, 6) is 0. The fourth-order valence-electron chi connectivity index (χ4n) is 3.83. The van der Waals surface area contributed by atoms with E-state index < -0.39 is 0 Å². The van der Waals surface area contributed by atoms with E-state index in [0.717, 1.165) is 0 Å². The van der Waals surface area contributed by atoms with Gasteiger partial charge >= 0.3 is 26.2 Å². The van der Waals surface area contributed by atoms with Gasteiger partial charge in [0, 0.05) is 0 Å². The molecule has 27 heavy (non-hydrogen) atoms. The van der Waals surface area contributed by atoms with Gasteiger partial charge in [-0.15, -0.1) is 34.5 Å². The maximum Gasteiger partial charge on any atom is 3.00 e. The second kappa shape index (κ2) is 8.28. The molecule has 0 spiro atoms. The topological polar surface area (TPSA) is 0 Å². The van der Waals surface area contributed by atoms with Crippen molar-refractivity contribution >= 4 is 32.3 Å². The van der Waals surface area contributed by atoms with Crippen molar-refractivity contribution in [3.05, 3.63) is 105 Å². The summed E-state index contributed by atoms with van der Waals surface area (Å²) in [6.45, 7) is 2.18. The monoisotopic (exact) mass is 425 g/mol. The molecular weight excluding hydrogens is 404 g/mol. The molecule has 0 nitrogen and oxygen atoms in total. The van der Waals surface area contributed by atoms with Crippen molar-refractivity contribution in [2.24, 2.45) is 0 Å². The van der Waals surface area contributed by atoms with Crippen LogP contribution in [0.15, 0.2) is 84.9 Å².